The van der Waals surface area contributed by atoms with Gasteiger partial charge in [0, 0.05) is 18.5 Å². The molecule has 2 amide bonds. The Morgan fingerprint density at radius 2 is 1.80 bits per heavy atom. The molecule has 2 N–H and O–H groups in total. The van der Waals surface area contributed by atoms with Crippen molar-refractivity contribution in [1.82, 2.24) is 14.6 Å². The molecule has 0 unspecified atom stereocenters. The number of hydrogen-bond acceptors (Lipinski definition) is 9. The molecule has 51 heavy (non-hydrogen) atoms. The number of carbonyl (C=O) groups is 3. The molecule has 278 valence electrons. The molecular formula is C36H45F3N4O6S2. The summed E-state index contributed by atoms with van der Waals surface area (Å²) >= 11 is 1.32. The van der Waals surface area contributed by atoms with E-state index in [9.17, 15) is 36.0 Å². The lowest BCUT2D eigenvalue weighted by Gasteiger charge is -2.36. The van der Waals surface area contributed by atoms with Crippen molar-refractivity contribution in [2.75, 3.05) is 11.9 Å². The number of sulfonamides is 1. The topological polar surface area (TPSA) is 135 Å². The maximum absolute atomic E-state index is 14.5. The number of ether oxygens (including phenoxy) is 1. The predicted molar refractivity (Wildman–Crippen MR) is 190 cm³/mol. The number of fused-ring (bicyclic) bond motifs is 1. The van der Waals surface area contributed by atoms with Gasteiger partial charge in [0.05, 0.1) is 39.0 Å². The maximum Gasteiger partial charge on any atom is 0.416 e. The lowest BCUT2D eigenvalue weighted by Crippen LogP contribution is -2.53. The van der Waals surface area contributed by atoms with Crippen LogP contribution in [0.3, 0.4) is 0 Å². The molecule has 0 bridgehead atoms. The van der Waals surface area contributed by atoms with Crippen LogP contribution in [0.4, 0.5) is 18.9 Å². The van der Waals surface area contributed by atoms with E-state index in [2.05, 4.69) is 15.0 Å². The first-order valence-corrected chi connectivity index (χ1v) is 19.1. The molecule has 0 radical (unpaired) electrons. The van der Waals surface area contributed by atoms with Crippen molar-refractivity contribution in [2.45, 2.75) is 103 Å². The second kappa shape index (κ2) is 14.0. The number of rotatable bonds is 12. The highest BCUT2D eigenvalue weighted by Gasteiger charge is 2.62. The Labute approximate surface area is 300 Å². The Morgan fingerprint density at radius 3 is 2.41 bits per heavy atom. The van der Waals surface area contributed by atoms with Gasteiger partial charge in [0.25, 0.3) is 5.19 Å². The fraction of sp³-hybridized carbons (Fsp3) is 0.556. The van der Waals surface area contributed by atoms with E-state index in [1.54, 1.807) is 20.8 Å². The van der Waals surface area contributed by atoms with Crippen molar-refractivity contribution in [1.29, 1.82) is 0 Å². The molecule has 2 saturated carbocycles. The highest BCUT2D eigenvalue weighted by atomic mass is 32.2. The number of nitrogens with zero attached hydrogens (tertiary/aromatic N) is 2. The van der Waals surface area contributed by atoms with E-state index < -0.39 is 73.6 Å². The lowest BCUT2D eigenvalue weighted by atomic mass is 9.85. The van der Waals surface area contributed by atoms with E-state index >= 15 is 0 Å². The van der Waals surface area contributed by atoms with Crippen LogP contribution in [-0.2, 0) is 30.6 Å². The third-order valence-corrected chi connectivity index (χ3v) is 12.7. The van der Waals surface area contributed by atoms with Crippen molar-refractivity contribution in [3.8, 4) is 5.19 Å². The van der Waals surface area contributed by atoms with Gasteiger partial charge < -0.3 is 15.0 Å². The minimum Gasteiger partial charge on any atom is -0.465 e. The van der Waals surface area contributed by atoms with Crippen molar-refractivity contribution >= 4 is 54.9 Å². The van der Waals surface area contributed by atoms with Crippen LogP contribution in [0.2, 0.25) is 0 Å². The minimum absolute atomic E-state index is 0. The second-order valence-corrected chi connectivity index (χ2v) is 17.7. The average molecular weight is 751 g/mol. The molecule has 2 heterocycles. The highest BCUT2D eigenvalue weighted by molar-refractivity contribution is 7.90. The van der Waals surface area contributed by atoms with E-state index in [1.807, 2.05) is 31.2 Å². The number of anilines is 1. The summed E-state index contributed by atoms with van der Waals surface area (Å²) in [6.07, 6.45) is -3.55. The van der Waals surface area contributed by atoms with Crippen LogP contribution >= 0.6 is 11.3 Å². The van der Waals surface area contributed by atoms with Crippen LogP contribution in [0.15, 0.2) is 48.5 Å². The molecule has 0 spiro atoms. The maximum atomic E-state index is 14.5. The molecule has 5 atom stereocenters. The van der Waals surface area contributed by atoms with E-state index in [0.29, 0.717) is 30.9 Å². The number of thiazole rings is 1. The summed E-state index contributed by atoms with van der Waals surface area (Å²) in [7, 11) is -3.84. The molecule has 3 fully saturated rings. The van der Waals surface area contributed by atoms with E-state index in [-0.39, 0.29) is 38.4 Å². The number of amides is 2. The monoisotopic (exact) mass is 750 g/mol. The fourth-order valence-electron chi connectivity index (χ4n) is 6.85. The van der Waals surface area contributed by atoms with Crippen LogP contribution in [0.5, 0.6) is 5.19 Å². The van der Waals surface area contributed by atoms with Crippen LogP contribution in [0.1, 0.15) is 79.2 Å². The molecule has 3 aromatic rings. The molecule has 1 aromatic heterocycles. The Balaban J connectivity index is 0.00000504. The largest absolute Gasteiger partial charge is 0.465 e. The Hall–Kier alpha value is -3.72. The summed E-state index contributed by atoms with van der Waals surface area (Å²) in [6, 6.07) is 9.98. The van der Waals surface area contributed by atoms with Crippen LogP contribution in [0.25, 0.3) is 10.2 Å². The van der Waals surface area contributed by atoms with Gasteiger partial charge in [0.15, 0.2) is 5.78 Å². The number of nitrogens with one attached hydrogen (secondary N) is 2. The number of hydrogen-bond donors (Lipinski definition) is 2. The highest BCUT2D eigenvalue weighted by Crippen LogP contribution is 2.58. The standard InChI is InChI=1S/C35H41F3N4O6S2.CH4/c1-5-20-17-34(20,31(45)41-50(46,47)24-13-14-24)18-27(43)26-16-23(48-32-40-25-11-6-7-12-28(25)49-32)19-42(26)30(44)29(33(2,3)4)39-22-10-8-9-21(15-22)35(36,37)38;/h6-12,15,20,23-24,26,29,39H,5,13-14,16-19H2,1-4H3,(H,41,45);1H4/t20-,23-,26+,29-,34-;/m1./s1. The van der Waals surface area contributed by atoms with Gasteiger partial charge in [-0.25, -0.2) is 13.4 Å². The van der Waals surface area contributed by atoms with Gasteiger partial charge in [0.1, 0.15) is 12.1 Å². The summed E-state index contributed by atoms with van der Waals surface area (Å²) < 4.78 is 75.3. The summed E-state index contributed by atoms with van der Waals surface area (Å²) in [5, 5.41) is 2.75. The number of para-hydroxylation sites is 1. The zero-order chi connectivity index (χ0) is 36.2. The molecule has 3 aliphatic rings. The van der Waals surface area contributed by atoms with Crippen molar-refractivity contribution in [3.05, 3.63) is 54.1 Å². The summed E-state index contributed by atoms with van der Waals surface area (Å²) in [6.45, 7) is 7.18. The first kappa shape index (κ1) is 38.5. The first-order chi connectivity index (χ1) is 23.4. The molecule has 1 aliphatic heterocycles. The van der Waals surface area contributed by atoms with Gasteiger partial charge in [-0.15, -0.1) is 0 Å². The zero-order valence-electron chi connectivity index (χ0n) is 28.2. The van der Waals surface area contributed by atoms with Gasteiger partial charge in [-0.3, -0.25) is 19.1 Å². The lowest BCUT2D eigenvalue weighted by molar-refractivity contribution is -0.141. The number of alkyl halides is 3. The molecule has 6 rings (SSSR count). The number of Topliss-reactive ketones (excluding diaryl/α,β-unsaturated/α-hetero) is 1. The SMILES string of the molecule is C.CC[C@@H]1C[C@]1(CC(=O)[C@@H]1C[C@@H](Oc2nc3ccccc3s2)CN1C(=O)[C@@H](Nc1cccc(C(F)(F)F)c1)C(C)(C)C)C(=O)NS(=O)(=O)C1CC1. The molecule has 15 heteroatoms. The number of benzene rings is 2. The Bertz CT molecular complexity index is 1870. The van der Waals surface area contributed by atoms with Crippen molar-refractivity contribution < 1.29 is 40.7 Å². The number of ketones is 1. The van der Waals surface area contributed by atoms with E-state index in [1.165, 1.54) is 28.4 Å². The van der Waals surface area contributed by atoms with Gasteiger partial charge in [-0.2, -0.15) is 13.2 Å². The van der Waals surface area contributed by atoms with E-state index in [0.717, 1.165) is 22.3 Å². The normalized spacial score (nSPS) is 24.1. The molecule has 2 aromatic carbocycles. The minimum atomic E-state index is -4.59. The smallest absolute Gasteiger partial charge is 0.416 e. The van der Waals surface area contributed by atoms with Gasteiger partial charge in [-0.05, 0) is 60.9 Å². The van der Waals surface area contributed by atoms with Crippen LogP contribution in [-0.4, -0.2) is 65.9 Å². The summed E-state index contributed by atoms with van der Waals surface area (Å²) in [4.78, 5) is 48.2. The average Bonchev–Trinajstić information content (AvgIpc) is 3.94. The van der Waals surface area contributed by atoms with Crippen LogP contribution < -0.4 is 14.8 Å². The predicted octanol–water partition coefficient (Wildman–Crippen LogP) is 6.81. The number of aromatic nitrogens is 1. The van der Waals surface area contributed by atoms with E-state index in [4.69, 9.17) is 4.74 Å². The van der Waals surface area contributed by atoms with Gasteiger partial charge in [0.2, 0.25) is 21.8 Å². The second-order valence-electron chi connectivity index (χ2n) is 14.7. The quantitative estimate of drug-likeness (QED) is 0.206. The molecule has 2 aliphatic carbocycles. The zero-order valence-corrected chi connectivity index (χ0v) is 29.9. The third-order valence-electron chi connectivity index (χ3n) is 9.94. The first-order valence-electron chi connectivity index (χ1n) is 16.8. The molecule has 10 nitrogen and oxygen atoms in total. The fourth-order valence-corrected chi connectivity index (χ4v) is 9.12. The third kappa shape index (κ3) is 8.19. The molecular weight excluding hydrogens is 706 g/mol. The summed E-state index contributed by atoms with van der Waals surface area (Å²) in [5.74, 6) is -1.82. The summed E-state index contributed by atoms with van der Waals surface area (Å²) in [5.41, 5.74) is -2.07. The Morgan fingerprint density at radius 1 is 1.10 bits per heavy atom. The van der Waals surface area contributed by atoms with Crippen molar-refractivity contribution in [2.24, 2.45) is 16.7 Å². The van der Waals surface area contributed by atoms with Gasteiger partial charge in [-0.1, -0.05) is 71.1 Å². The van der Waals surface area contributed by atoms with Gasteiger partial charge >= 0.3 is 6.18 Å². The number of likely N-dealkylation sites (tertiary alicyclic amines) is 1. The van der Waals surface area contributed by atoms with Crippen LogP contribution in [0, 0.1) is 16.7 Å². The number of carbonyl (C=O) groups excluding carboxylic acids is 3. The Kier molecular flexibility index (Phi) is 10.6. The van der Waals surface area contributed by atoms with Crippen molar-refractivity contribution in [3.63, 3.8) is 0 Å². The number of halogens is 3. The molecule has 1 saturated heterocycles.